The number of aromatic nitrogens is 2. The van der Waals surface area contributed by atoms with Crippen LogP contribution < -0.4 is 10.2 Å². The zero-order valence-electron chi connectivity index (χ0n) is 13.9. The molecule has 0 atom stereocenters. The summed E-state index contributed by atoms with van der Waals surface area (Å²) >= 11 is 0. The lowest BCUT2D eigenvalue weighted by molar-refractivity contribution is -0.384. The van der Waals surface area contributed by atoms with Crippen molar-refractivity contribution < 1.29 is 9.72 Å². The smallest absolute Gasteiger partial charge is 0.334 e. The third-order valence-electron chi connectivity index (χ3n) is 4.23. The lowest BCUT2D eigenvalue weighted by Crippen LogP contribution is -2.34. The van der Waals surface area contributed by atoms with E-state index in [9.17, 15) is 14.9 Å². The van der Waals surface area contributed by atoms with Crippen LogP contribution in [-0.2, 0) is 18.3 Å². The minimum atomic E-state index is -0.430. The Morgan fingerprint density at radius 2 is 2.12 bits per heavy atom. The first-order valence-corrected chi connectivity index (χ1v) is 7.80. The molecule has 1 N–H and O–H groups in total. The van der Waals surface area contributed by atoms with Gasteiger partial charge in [-0.1, -0.05) is 0 Å². The van der Waals surface area contributed by atoms with Crippen LogP contribution in [0.15, 0.2) is 18.2 Å². The van der Waals surface area contributed by atoms with Crippen LogP contribution in [0.25, 0.3) is 0 Å². The molecule has 0 bridgehead atoms. The Bertz CT molecular complexity index is 827. The molecule has 2 heterocycles. The molecule has 3 rings (SSSR count). The van der Waals surface area contributed by atoms with Gasteiger partial charge >= 0.3 is 5.69 Å². The number of aryl methyl sites for hydroxylation is 3. The minimum Gasteiger partial charge on any atom is -0.335 e. The normalized spacial score (nSPS) is 13.8. The predicted octanol–water partition coefficient (Wildman–Crippen LogP) is 2.68. The molecule has 1 aromatic heterocycles. The molecule has 1 amide bonds. The Labute approximate surface area is 139 Å². The quantitative estimate of drug-likeness (QED) is 0.687. The summed E-state index contributed by atoms with van der Waals surface area (Å²) in [5.41, 5.74) is 3.05. The minimum absolute atomic E-state index is 0.0272. The number of anilines is 3. The highest BCUT2D eigenvalue weighted by atomic mass is 16.6. The van der Waals surface area contributed by atoms with E-state index in [0.717, 1.165) is 16.9 Å². The lowest BCUT2D eigenvalue weighted by Gasteiger charge is -2.28. The topological polar surface area (TPSA) is 93.3 Å². The van der Waals surface area contributed by atoms with E-state index in [-0.39, 0.29) is 11.6 Å². The SMILES string of the molecule is CCN1C(=O)CCc2cc(Nc3c([N+](=O)[O-])c(C)nn3C)ccc21. The zero-order chi connectivity index (χ0) is 17.4. The largest absolute Gasteiger partial charge is 0.335 e. The van der Waals surface area contributed by atoms with E-state index in [4.69, 9.17) is 0 Å². The van der Waals surface area contributed by atoms with Crippen LogP contribution in [-0.4, -0.2) is 27.2 Å². The van der Waals surface area contributed by atoms with E-state index < -0.39 is 4.92 Å². The number of nitro groups is 1. The molecule has 8 nitrogen and oxygen atoms in total. The fraction of sp³-hybridized carbons (Fsp3) is 0.375. The molecule has 1 aliphatic heterocycles. The van der Waals surface area contributed by atoms with Crippen molar-refractivity contribution in [1.29, 1.82) is 0 Å². The third-order valence-corrected chi connectivity index (χ3v) is 4.23. The molecule has 1 aromatic carbocycles. The summed E-state index contributed by atoms with van der Waals surface area (Å²) in [7, 11) is 1.66. The molecule has 0 fully saturated rings. The highest BCUT2D eigenvalue weighted by Gasteiger charge is 2.26. The molecule has 1 aliphatic rings. The van der Waals surface area contributed by atoms with Crippen molar-refractivity contribution >= 4 is 28.8 Å². The molecule has 0 aliphatic carbocycles. The van der Waals surface area contributed by atoms with Crippen molar-refractivity contribution in [1.82, 2.24) is 9.78 Å². The lowest BCUT2D eigenvalue weighted by atomic mass is 10.0. The Morgan fingerprint density at radius 3 is 2.79 bits per heavy atom. The highest BCUT2D eigenvalue weighted by Crippen LogP contribution is 2.34. The number of hydrogen-bond donors (Lipinski definition) is 1. The number of benzene rings is 1. The summed E-state index contributed by atoms with van der Waals surface area (Å²) in [6.45, 7) is 4.19. The molecule has 126 valence electrons. The molecule has 0 saturated carbocycles. The number of fused-ring (bicyclic) bond motifs is 1. The summed E-state index contributed by atoms with van der Waals surface area (Å²) < 4.78 is 1.47. The zero-order valence-corrected chi connectivity index (χ0v) is 13.9. The van der Waals surface area contributed by atoms with Crippen LogP contribution >= 0.6 is 0 Å². The fourth-order valence-corrected chi connectivity index (χ4v) is 3.13. The van der Waals surface area contributed by atoms with E-state index >= 15 is 0 Å². The third kappa shape index (κ3) is 2.60. The summed E-state index contributed by atoms with van der Waals surface area (Å²) in [4.78, 5) is 24.6. The number of nitrogens with one attached hydrogen (secondary N) is 1. The Hall–Kier alpha value is -2.90. The maximum Gasteiger partial charge on any atom is 0.334 e. The number of rotatable bonds is 4. The second kappa shape index (κ2) is 5.95. The number of amides is 1. The first-order valence-electron chi connectivity index (χ1n) is 7.80. The van der Waals surface area contributed by atoms with Crippen molar-refractivity contribution in [3.05, 3.63) is 39.6 Å². The second-order valence-electron chi connectivity index (χ2n) is 5.77. The Morgan fingerprint density at radius 1 is 1.38 bits per heavy atom. The van der Waals surface area contributed by atoms with Gasteiger partial charge in [0.2, 0.25) is 11.7 Å². The molecule has 0 radical (unpaired) electrons. The van der Waals surface area contributed by atoms with Crippen LogP contribution in [0.1, 0.15) is 24.6 Å². The van der Waals surface area contributed by atoms with Gasteiger partial charge in [-0.2, -0.15) is 5.10 Å². The van der Waals surface area contributed by atoms with Gasteiger partial charge < -0.3 is 10.2 Å². The second-order valence-corrected chi connectivity index (χ2v) is 5.77. The summed E-state index contributed by atoms with van der Waals surface area (Å²) in [6, 6.07) is 5.65. The summed E-state index contributed by atoms with van der Waals surface area (Å²) in [5, 5.41) is 18.5. The van der Waals surface area contributed by atoms with Gasteiger partial charge in [0.15, 0.2) is 0 Å². The molecule has 0 spiro atoms. The summed E-state index contributed by atoms with van der Waals surface area (Å²) in [5.74, 6) is 0.472. The molecular formula is C16H19N5O3. The Balaban J connectivity index is 1.96. The van der Waals surface area contributed by atoms with Gasteiger partial charge in [-0.25, -0.2) is 4.68 Å². The van der Waals surface area contributed by atoms with Gasteiger partial charge in [0, 0.05) is 31.4 Å². The van der Waals surface area contributed by atoms with E-state index in [0.29, 0.717) is 30.9 Å². The van der Waals surface area contributed by atoms with Gasteiger partial charge in [0.25, 0.3) is 0 Å². The van der Waals surface area contributed by atoms with E-state index in [1.807, 2.05) is 25.1 Å². The van der Waals surface area contributed by atoms with Crippen LogP contribution in [0.5, 0.6) is 0 Å². The van der Waals surface area contributed by atoms with Gasteiger partial charge in [0.1, 0.15) is 5.69 Å². The van der Waals surface area contributed by atoms with E-state index in [1.54, 1.807) is 18.9 Å². The number of hydrogen-bond acceptors (Lipinski definition) is 5. The van der Waals surface area contributed by atoms with Crippen molar-refractivity contribution in [2.24, 2.45) is 7.05 Å². The van der Waals surface area contributed by atoms with Crippen molar-refractivity contribution in [2.45, 2.75) is 26.7 Å². The average molecular weight is 329 g/mol. The van der Waals surface area contributed by atoms with E-state index in [2.05, 4.69) is 10.4 Å². The van der Waals surface area contributed by atoms with E-state index in [1.165, 1.54) is 4.68 Å². The summed E-state index contributed by atoms with van der Waals surface area (Å²) in [6.07, 6.45) is 1.15. The van der Waals surface area contributed by atoms with Gasteiger partial charge in [0.05, 0.1) is 4.92 Å². The number of carbonyl (C=O) groups excluding carboxylic acids is 1. The van der Waals surface area contributed by atoms with Crippen molar-refractivity contribution in [3.63, 3.8) is 0 Å². The molecule has 8 heteroatoms. The van der Waals surface area contributed by atoms with Gasteiger partial charge in [-0.05, 0) is 44.0 Å². The van der Waals surface area contributed by atoms with Crippen molar-refractivity contribution in [3.8, 4) is 0 Å². The van der Waals surface area contributed by atoms with Gasteiger partial charge in [-0.3, -0.25) is 14.9 Å². The molecule has 2 aromatic rings. The molecule has 0 saturated heterocycles. The molecule has 24 heavy (non-hydrogen) atoms. The molecular weight excluding hydrogens is 310 g/mol. The van der Waals surface area contributed by atoms with Crippen LogP contribution in [0, 0.1) is 17.0 Å². The first kappa shape index (κ1) is 16.0. The maximum absolute atomic E-state index is 12.0. The monoisotopic (exact) mass is 329 g/mol. The van der Waals surface area contributed by atoms with Crippen LogP contribution in [0.3, 0.4) is 0 Å². The molecule has 0 unspecified atom stereocenters. The maximum atomic E-state index is 12.0. The fourth-order valence-electron chi connectivity index (χ4n) is 3.13. The Kier molecular flexibility index (Phi) is 3.96. The van der Waals surface area contributed by atoms with Crippen molar-refractivity contribution in [2.75, 3.05) is 16.8 Å². The predicted molar refractivity (Wildman–Crippen MR) is 90.7 cm³/mol. The number of nitrogens with zero attached hydrogens (tertiary/aromatic N) is 4. The first-order chi connectivity index (χ1) is 11.4. The van der Waals surface area contributed by atoms with Gasteiger partial charge in [-0.15, -0.1) is 0 Å². The average Bonchev–Trinajstić information content (AvgIpc) is 2.81. The standard InChI is InChI=1S/C16H19N5O3/c1-4-20-13-7-6-12(9-11(13)5-8-14(20)22)17-16-15(21(23)24)10(2)18-19(16)3/h6-7,9,17H,4-5,8H2,1-3H3. The van der Waals surface area contributed by atoms with Crippen LogP contribution in [0.4, 0.5) is 22.9 Å². The number of carbonyl (C=O) groups is 1. The van der Waals surface area contributed by atoms with Crippen LogP contribution in [0.2, 0.25) is 0 Å². The highest BCUT2D eigenvalue weighted by molar-refractivity contribution is 5.96.